The van der Waals surface area contributed by atoms with E-state index in [0.717, 1.165) is 0 Å². The molecule has 0 fully saturated rings. The van der Waals surface area contributed by atoms with Crippen molar-refractivity contribution in [3.8, 4) is 0 Å². The first-order valence-electron chi connectivity index (χ1n) is 5.71. The Balaban J connectivity index is 2.20. The number of halogens is 1. The van der Waals surface area contributed by atoms with Gasteiger partial charge in [0.25, 0.3) is 11.6 Å². The van der Waals surface area contributed by atoms with Crippen LogP contribution in [0.1, 0.15) is 16.1 Å². The Morgan fingerprint density at radius 1 is 1.45 bits per heavy atom. The zero-order valence-corrected chi connectivity index (χ0v) is 12.2. The van der Waals surface area contributed by atoms with E-state index >= 15 is 0 Å². The Morgan fingerprint density at radius 3 is 2.80 bits per heavy atom. The van der Waals surface area contributed by atoms with Gasteiger partial charge < -0.3 is 9.32 Å². The molecule has 1 aromatic carbocycles. The highest BCUT2D eigenvalue weighted by Crippen LogP contribution is 2.26. The number of rotatable bonds is 4. The number of carbonyl (C=O) groups is 1. The molecule has 104 valence electrons. The molecule has 0 saturated carbocycles. The third kappa shape index (κ3) is 3.05. The van der Waals surface area contributed by atoms with Crippen molar-refractivity contribution in [2.45, 2.75) is 6.54 Å². The summed E-state index contributed by atoms with van der Waals surface area (Å²) in [5, 5.41) is 10.9. The van der Waals surface area contributed by atoms with Crippen LogP contribution in [-0.4, -0.2) is 22.8 Å². The van der Waals surface area contributed by atoms with Crippen LogP contribution in [0.5, 0.6) is 0 Å². The molecule has 1 amide bonds. The van der Waals surface area contributed by atoms with E-state index in [-0.39, 0.29) is 17.2 Å². The molecule has 0 saturated heterocycles. The molecule has 0 N–H and O–H groups in total. The lowest BCUT2D eigenvalue weighted by molar-refractivity contribution is -0.385. The maximum atomic E-state index is 12.2. The van der Waals surface area contributed by atoms with Crippen molar-refractivity contribution in [3.63, 3.8) is 0 Å². The SMILES string of the molecule is CN(Cc1ccco1)C(=O)c1ccc(Br)c([N+](=O)[O-])c1. The molecule has 0 spiro atoms. The number of hydrogen-bond acceptors (Lipinski definition) is 4. The normalized spacial score (nSPS) is 10.3. The molecule has 0 radical (unpaired) electrons. The van der Waals surface area contributed by atoms with Gasteiger partial charge in [-0.15, -0.1) is 0 Å². The molecule has 0 bridgehead atoms. The van der Waals surface area contributed by atoms with Crippen LogP contribution in [0.25, 0.3) is 0 Å². The highest BCUT2D eigenvalue weighted by atomic mass is 79.9. The Morgan fingerprint density at radius 2 is 2.20 bits per heavy atom. The molecule has 1 aromatic heterocycles. The standard InChI is InChI=1S/C13H11BrN2O4/c1-15(8-10-3-2-6-20-10)13(17)9-4-5-11(14)12(7-9)16(18)19/h2-7H,8H2,1H3. The van der Waals surface area contributed by atoms with Crippen LogP contribution in [0.4, 0.5) is 5.69 Å². The molecule has 2 rings (SSSR count). The van der Waals surface area contributed by atoms with Gasteiger partial charge in [-0.05, 0) is 40.2 Å². The molecule has 0 aliphatic carbocycles. The number of nitrogens with zero attached hydrogens (tertiary/aromatic N) is 2. The van der Waals surface area contributed by atoms with Gasteiger partial charge in [-0.2, -0.15) is 0 Å². The first kappa shape index (κ1) is 14.3. The van der Waals surface area contributed by atoms with Gasteiger partial charge in [0, 0.05) is 18.7 Å². The summed E-state index contributed by atoms with van der Waals surface area (Å²) in [5.74, 6) is 0.337. The van der Waals surface area contributed by atoms with Crippen LogP contribution in [0.15, 0.2) is 45.5 Å². The van der Waals surface area contributed by atoms with Crippen molar-refractivity contribution >= 4 is 27.5 Å². The molecule has 0 aliphatic rings. The lowest BCUT2D eigenvalue weighted by atomic mass is 10.2. The zero-order valence-electron chi connectivity index (χ0n) is 10.6. The number of amides is 1. The summed E-state index contributed by atoms with van der Waals surface area (Å²) >= 11 is 3.08. The second-order valence-corrected chi connectivity index (χ2v) is 5.02. The highest BCUT2D eigenvalue weighted by molar-refractivity contribution is 9.10. The average Bonchev–Trinajstić information content (AvgIpc) is 2.91. The topological polar surface area (TPSA) is 76.6 Å². The quantitative estimate of drug-likeness (QED) is 0.633. The van der Waals surface area contributed by atoms with Gasteiger partial charge in [0.15, 0.2) is 0 Å². The predicted molar refractivity (Wildman–Crippen MR) is 75.3 cm³/mol. The minimum absolute atomic E-state index is 0.137. The number of hydrogen-bond donors (Lipinski definition) is 0. The summed E-state index contributed by atoms with van der Waals surface area (Å²) < 4.78 is 5.50. The van der Waals surface area contributed by atoms with Crippen molar-refractivity contribution in [1.82, 2.24) is 4.90 Å². The minimum Gasteiger partial charge on any atom is -0.467 e. The third-order valence-electron chi connectivity index (χ3n) is 2.71. The maximum absolute atomic E-state index is 12.2. The lowest BCUT2D eigenvalue weighted by Crippen LogP contribution is -2.26. The summed E-state index contributed by atoms with van der Waals surface area (Å²) in [6.45, 7) is 0.301. The molecule has 6 nitrogen and oxygen atoms in total. The van der Waals surface area contributed by atoms with Crippen molar-refractivity contribution in [1.29, 1.82) is 0 Å². The van der Waals surface area contributed by atoms with Gasteiger partial charge in [0.05, 0.1) is 22.2 Å². The average molecular weight is 339 g/mol. The summed E-state index contributed by atoms with van der Waals surface area (Å²) in [6.07, 6.45) is 1.53. The van der Waals surface area contributed by atoms with Crippen molar-refractivity contribution < 1.29 is 14.1 Å². The fourth-order valence-electron chi connectivity index (χ4n) is 1.71. The molecule has 7 heteroatoms. The third-order valence-corrected chi connectivity index (χ3v) is 3.38. The number of nitro benzene ring substituents is 1. The highest BCUT2D eigenvalue weighted by Gasteiger charge is 2.18. The van der Waals surface area contributed by atoms with E-state index in [1.54, 1.807) is 19.2 Å². The number of carbonyl (C=O) groups excluding carboxylic acids is 1. The second kappa shape index (κ2) is 5.87. The molecule has 0 aliphatic heterocycles. The second-order valence-electron chi connectivity index (χ2n) is 4.16. The summed E-state index contributed by atoms with van der Waals surface area (Å²) in [5.41, 5.74) is 0.121. The lowest BCUT2D eigenvalue weighted by Gasteiger charge is -2.15. The van der Waals surface area contributed by atoms with Crippen molar-refractivity contribution in [3.05, 3.63) is 62.5 Å². The van der Waals surface area contributed by atoms with Gasteiger partial charge in [-0.3, -0.25) is 14.9 Å². The van der Waals surface area contributed by atoms with E-state index in [1.165, 1.54) is 29.4 Å². The molecule has 1 heterocycles. The molecule has 0 atom stereocenters. The summed E-state index contributed by atoms with van der Waals surface area (Å²) in [7, 11) is 1.61. The van der Waals surface area contributed by atoms with Crippen LogP contribution in [-0.2, 0) is 6.54 Å². The van der Waals surface area contributed by atoms with Crippen molar-refractivity contribution in [2.24, 2.45) is 0 Å². The van der Waals surface area contributed by atoms with Crippen LogP contribution in [0, 0.1) is 10.1 Å². The first-order chi connectivity index (χ1) is 9.49. The van der Waals surface area contributed by atoms with Gasteiger partial charge >= 0.3 is 0 Å². The number of nitro groups is 1. The van der Waals surface area contributed by atoms with E-state index < -0.39 is 4.92 Å². The zero-order chi connectivity index (χ0) is 14.7. The largest absolute Gasteiger partial charge is 0.467 e. The Hall–Kier alpha value is -2.15. The fraction of sp³-hybridized carbons (Fsp3) is 0.154. The monoisotopic (exact) mass is 338 g/mol. The van der Waals surface area contributed by atoms with Gasteiger partial charge in [-0.1, -0.05) is 0 Å². The van der Waals surface area contributed by atoms with Gasteiger partial charge in [-0.25, -0.2) is 0 Å². The minimum atomic E-state index is -0.534. The van der Waals surface area contributed by atoms with E-state index in [9.17, 15) is 14.9 Å². The van der Waals surface area contributed by atoms with Crippen LogP contribution in [0.3, 0.4) is 0 Å². The Labute approximate surface area is 123 Å². The summed E-state index contributed by atoms with van der Waals surface area (Å²) in [4.78, 5) is 24.0. The van der Waals surface area contributed by atoms with Crippen LogP contribution in [0.2, 0.25) is 0 Å². The molecular weight excluding hydrogens is 328 g/mol. The molecule has 0 unspecified atom stereocenters. The fourth-order valence-corrected chi connectivity index (χ4v) is 2.11. The molecule has 2 aromatic rings. The smallest absolute Gasteiger partial charge is 0.284 e. The first-order valence-corrected chi connectivity index (χ1v) is 6.50. The predicted octanol–water partition coefficient (Wildman–Crippen LogP) is 3.22. The molecule has 20 heavy (non-hydrogen) atoms. The van der Waals surface area contributed by atoms with Gasteiger partial charge in [0.2, 0.25) is 0 Å². The van der Waals surface area contributed by atoms with Crippen LogP contribution >= 0.6 is 15.9 Å². The van der Waals surface area contributed by atoms with Crippen molar-refractivity contribution in [2.75, 3.05) is 7.05 Å². The van der Waals surface area contributed by atoms with E-state index in [0.29, 0.717) is 16.8 Å². The Kier molecular flexibility index (Phi) is 4.19. The van der Waals surface area contributed by atoms with E-state index in [2.05, 4.69) is 15.9 Å². The molecular formula is C13H11BrN2O4. The van der Waals surface area contributed by atoms with E-state index in [4.69, 9.17) is 4.42 Å². The summed E-state index contributed by atoms with van der Waals surface area (Å²) in [6, 6.07) is 7.78. The maximum Gasteiger partial charge on any atom is 0.284 e. The van der Waals surface area contributed by atoms with Crippen LogP contribution < -0.4 is 0 Å². The van der Waals surface area contributed by atoms with E-state index in [1.807, 2.05) is 0 Å². The van der Waals surface area contributed by atoms with Gasteiger partial charge in [0.1, 0.15) is 5.76 Å². The Bertz CT molecular complexity index is 640. The number of furan rings is 1. The number of benzene rings is 1.